The van der Waals surface area contributed by atoms with Gasteiger partial charge in [0.25, 0.3) is 5.91 Å². The number of oxazole rings is 1. The van der Waals surface area contributed by atoms with E-state index in [4.69, 9.17) is 16.6 Å². The van der Waals surface area contributed by atoms with Gasteiger partial charge in [0, 0.05) is 18.2 Å². The summed E-state index contributed by atoms with van der Waals surface area (Å²) in [5.41, 5.74) is 3.41. The number of halogens is 3. The van der Waals surface area contributed by atoms with E-state index in [1.54, 1.807) is 18.2 Å². The molecule has 1 heterocycles. The lowest BCUT2D eigenvalue weighted by molar-refractivity contribution is 0.0977. The highest BCUT2D eigenvalue weighted by Crippen LogP contribution is 2.32. The summed E-state index contributed by atoms with van der Waals surface area (Å²) in [7, 11) is 0. The van der Waals surface area contributed by atoms with Crippen molar-refractivity contribution in [2.24, 2.45) is 0 Å². The monoisotopic (exact) mass is 655 g/mol. The molecule has 0 unspecified atom stereocenters. The molecule has 5 nitrogen and oxygen atoms in total. The minimum atomic E-state index is -0.298. The molecule has 1 aromatic heterocycles. The molecule has 1 amide bonds. The number of nitrogens with one attached hydrogen (secondary N) is 2. The van der Waals surface area contributed by atoms with Crippen molar-refractivity contribution in [3.63, 3.8) is 0 Å². The zero-order valence-electron chi connectivity index (χ0n) is 15.1. The number of nitrogens with zero attached hydrogens (tertiary/aromatic N) is 1. The Kier molecular flexibility index (Phi) is 6.51. The van der Waals surface area contributed by atoms with Gasteiger partial charge in [0.15, 0.2) is 10.7 Å². The van der Waals surface area contributed by atoms with Crippen LogP contribution in [0, 0.1) is 3.57 Å². The zero-order chi connectivity index (χ0) is 21.3. The summed E-state index contributed by atoms with van der Waals surface area (Å²) in [5, 5.41) is 5.89. The van der Waals surface area contributed by atoms with E-state index in [0.717, 1.165) is 13.6 Å². The van der Waals surface area contributed by atoms with Crippen LogP contribution in [-0.4, -0.2) is 16.0 Å². The van der Waals surface area contributed by atoms with Crippen LogP contribution in [0.25, 0.3) is 22.6 Å². The lowest BCUT2D eigenvalue weighted by Crippen LogP contribution is -2.34. The molecule has 9 heteroatoms. The summed E-state index contributed by atoms with van der Waals surface area (Å²) in [6.45, 7) is 0. The van der Waals surface area contributed by atoms with Crippen LogP contribution in [0.15, 0.2) is 74.0 Å². The van der Waals surface area contributed by atoms with Crippen LogP contribution < -0.4 is 10.6 Å². The van der Waals surface area contributed by atoms with Crippen molar-refractivity contribution in [1.82, 2.24) is 10.3 Å². The average molecular weight is 657 g/mol. The smallest absolute Gasteiger partial charge is 0.258 e. The first kappa shape index (κ1) is 21.4. The lowest BCUT2D eigenvalue weighted by atomic mass is 10.2. The second-order valence-electron chi connectivity index (χ2n) is 6.21. The molecule has 3 aromatic carbocycles. The molecule has 30 heavy (non-hydrogen) atoms. The minimum absolute atomic E-state index is 0.194. The topological polar surface area (TPSA) is 67.2 Å². The summed E-state index contributed by atoms with van der Waals surface area (Å²) in [4.78, 5) is 17.0. The third-order valence-electron chi connectivity index (χ3n) is 4.15. The molecule has 0 aliphatic carbocycles. The molecular formula is C21H12Br2IN3O2S. The molecule has 0 aliphatic heterocycles. The fraction of sp³-hybridized carbons (Fsp3) is 0. The molecule has 0 atom stereocenters. The van der Waals surface area contributed by atoms with Crippen molar-refractivity contribution in [1.29, 1.82) is 0 Å². The highest BCUT2D eigenvalue weighted by Gasteiger charge is 2.14. The number of hydrogen-bond donors (Lipinski definition) is 2. The summed E-state index contributed by atoms with van der Waals surface area (Å²) in [5.74, 6) is 0.227. The molecule has 0 fully saturated rings. The lowest BCUT2D eigenvalue weighted by Gasteiger charge is -2.10. The van der Waals surface area contributed by atoms with Crippen molar-refractivity contribution in [3.05, 3.63) is 78.7 Å². The standard InChI is InChI=1S/C21H12Br2IN3O2S/c22-15-4-2-1-3-13(15)19(28)27-21(30)25-12-6-8-18-17(10-12)26-20(29-18)14-9-11(24)5-7-16(14)23/h1-10H,(H2,25,27,28,30). The third-order valence-corrected chi connectivity index (χ3v) is 6.41. The maximum Gasteiger partial charge on any atom is 0.258 e. The van der Waals surface area contributed by atoms with Crippen LogP contribution in [0.5, 0.6) is 0 Å². The van der Waals surface area contributed by atoms with Crippen LogP contribution >= 0.6 is 66.7 Å². The van der Waals surface area contributed by atoms with Crippen molar-refractivity contribution in [2.75, 3.05) is 5.32 Å². The molecule has 4 aromatic rings. The molecule has 0 radical (unpaired) electrons. The number of carbonyl (C=O) groups is 1. The Labute approximate surface area is 208 Å². The third kappa shape index (κ3) is 4.74. The van der Waals surface area contributed by atoms with E-state index < -0.39 is 0 Å². The maximum atomic E-state index is 12.4. The van der Waals surface area contributed by atoms with Gasteiger partial charge in [-0.2, -0.15) is 0 Å². The van der Waals surface area contributed by atoms with Gasteiger partial charge < -0.3 is 9.73 Å². The molecule has 0 spiro atoms. The Hall–Kier alpha value is -1.82. The van der Waals surface area contributed by atoms with Gasteiger partial charge in [-0.25, -0.2) is 4.98 Å². The van der Waals surface area contributed by atoms with Gasteiger partial charge in [-0.05, 0) is 115 Å². The predicted octanol–water partition coefficient (Wildman–Crippen LogP) is 6.75. The SMILES string of the molecule is O=C(NC(=S)Nc1ccc2oc(-c3cc(I)ccc3Br)nc2c1)c1ccccc1Br. The van der Waals surface area contributed by atoms with E-state index in [1.165, 1.54) is 0 Å². The normalized spacial score (nSPS) is 10.8. The van der Waals surface area contributed by atoms with Crippen LogP contribution in [0.2, 0.25) is 0 Å². The first-order chi connectivity index (χ1) is 14.4. The van der Waals surface area contributed by atoms with E-state index in [-0.39, 0.29) is 11.0 Å². The Morgan fingerprint density at radius 3 is 2.63 bits per heavy atom. The number of hydrogen-bond acceptors (Lipinski definition) is 4. The number of aromatic nitrogens is 1. The van der Waals surface area contributed by atoms with Crippen LogP contribution in [0.4, 0.5) is 5.69 Å². The number of anilines is 1. The van der Waals surface area contributed by atoms with Crippen molar-refractivity contribution in [2.45, 2.75) is 0 Å². The van der Waals surface area contributed by atoms with Crippen molar-refractivity contribution < 1.29 is 9.21 Å². The Morgan fingerprint density at radius 2 is 1.83 bits per heavy atom. The maximum absolute atomic E-state index is 12.4. The molecule has 0 bridgehead atoms. The van der Waals surface area contributed by atoms with E-state index >= 15 is 0 Å². The number of carbonyl (C=O) groups excluding carboxylic acids is 1. The molecule has 150 valence electrons. The highest BCUT2D eigenvalue weighted by atomic mass is 127. The van der Waals surface area contributed by atoms with Gasteiger partial charge in [0.05, 0.1) is 11.1 Å². The molecule has 2 N–H and O–H groups in total. The fourth-order valence-electron chi connectivity index (χ4n) is 2.76. The Morgan fingerprint density at radius 1 is 1.03 bits per heavy atom. The molecule has 0 saturated carbocycles. The minimum Gasteiger partial charge on any atom is -0.436 e. The number of fused-ring (bicyclic) bond motifs is 1. The fourth-order valence-corrected chi connectivity index (χ4v) is 4.34. The number of rotatable bonds is 3. The second-order valence-corrected chi connectivity index (χ2v) is 9.58. The van der Waals surface area contributed by atoms with Gasteiger partial charge in [-0.1, -0.05) is 12.1 Å². The van der Waals surface area contributed by atoms with E-state index in [9.17, 15) is 4.79 Å². The number of amides is 1. The van der Waals surface area contributed by atoms with Gasteiger partial charge in [-0.15, -0.1) is 0 Å². The summed E-state index contributed by atoms with van der Waals surface area (Å²) in [6, 6.07) is 18.6. The average Bonchev–Trinajstić information content (AvgIpc) is 3.13. The number of thiocarbonyl (C=S) groups is 1. The number of benzene rings is 3. The quantitative estimate of drug-likeness (QED) is 0.189. The van der Waals surface area contributed by atoms with Crippen molar-refractivity contribution >= 4 is 94.5 Å². The van der Waals surface area contributed by atoms with Gasteiger partial charge in [-0.3, -0.25) is 10.1 Å². The molecule has 4 rings (SSSR count). The zero-order valence-corrected chi connectivity index (χ0v) is 21.2. The first-order valence-corrected chi connectivity index (χ1v) is 11.7. The van der Waals surface area contributed by atoms with E-state index in [2.05, 4.69) is 70.1 Å². The predicted molar refractivity (Wildman–Crippen MR) is 138 cm³/mol. The summed E-state index contributed by atoms with van der Waals surface area (Å²) < 4.78 is 8.59. The van der Waals surface area contributed by atoms with Crippen LogP contribution in [0.1, 0.15) is 10.4 Å². The van der Waals surface area contributed by atoms with E-state index in [1.807, 2.05) is 42.5 Å². The largest absolute Gasteiger partial charge is 0.436 e. The van der Waals surface area contributed by atoms with E-state index in [0.29, 0.717) is 32.7 Å². The van der Waals surface area contributed by atoms with Gasteiger partial charge in [0.2, 0.25) is 5.89 Å². The van der Waals surface area contributed by atoms with Gasteiger partial charge >= 0.3 is 0 Å². The van der Waals surface area contributed by atoms with Crippen molar-refractivity contribution in [3.8, 4) is 11.5 Å². The highest BCUT2D eigenvalue weighted by molar-refractivity contribution is 14.1. The summed E-state index contributed by atoms with van der Waals surface area (Å²) >= 11 is 14.4. The molecule has 0 aliphatic rings. The van der Waals surface area contributed by atoms with Crippen LogP contribution in [-0.2, 0) is 0 Å². The second kappa shape index (κ2) is 9.13. The Bertz CT molecular complexity index is 1290. The van der Waals surface area contributed by atoms with Gasteiger partial charge in [0.1, 0.15) is 5.52 Å². The summed E-state index contributed by atoms with van der Waals surface area (Å²) in [6.07, 6.45) is 0. The molecule has 0 saturated heterocycles. The molecular weight excluding hydrogens is 645 g/mol. The Balaban J connectivity index is 1.52. The van der Waals surface area contributed by atoms with Crippen LogP contribution in [0.3, 0.4) is 0 Å². The first-order valence-electron chi connectivity index (χ1n) is 8.63.